The Morgan fingerprint density at radius 2 is 2.24 bits per heavy atom. The summed E-state index contributed by atoms with van der Waals surface area (Å²) in [5, 5.41) is 3.05. The molecular formula is C13H26N2O2. The molecule has 1 rings (SSSR count). The molecule has 1 fully saturated rings. The van der Waals surface area contributed by atoms with Crippen LogP contribution in [0.15, 0.2) is 0 Å². The first kappa shape index (κ1) is 14.5. The summed E-state index contributed by atoms with van der Waals surface area (Å²) in [6.07, 6.45) is 3.73. The maximum absolute atomic E-state index is 12.1. The van der Waals surface area contributed by atoms with Gasteiger partial charge in [0.15, 0.2) is 0 Å². The molecule has 0 heterocycles. The molecule has 1 amide bonds. The van der Waals surface area contributed by atoms with Gasteiger partial charge in [-0.3, -0.25) is 4.79 Å². The molecule has 1 aliphatic rings. The molecule has 0 aromatic carbocycles. The van der Waals surface area contributed by atoms with Crippen LogP contribution in [0.3, 0.4) is 0 Å². The second kappa shape index (κ2) is 6.97. The minimum atomic E-state index is 0.0899. The van der Waals surface area contributed by atoms with Crippen molar-refractivity contribution in [3.05, 3.63) is 0 Å². The summed E-state index contributed by atoms with van der Waals surface area (Å²) in [5.41, 5.74) is 6.02. The fourth-order valence-electron chi connectivity index (χ4n) is 2.38. The van der Waals surface area contributed by atoms with Crippen molar-refractivity contribution in [1.29, 1.82) is 0 Å². The van der Waals surface area contributed by atoms with Crippen LogP contribution >= 0.6 is 0 Å². The molecule has 3 N–H and O–H groups in total. The number of ether oxygens (including phenoxy) is 1. The van der Waals surface area contributed by atoms with Crippen molar-refractivity contribution in [1.82, 2.24) is 5.32 Å². The summed E-state index contributed by atoms with van der Waals surface area (Å²) >= 11 is 0. The molecule has 0 bridgehead atoms. The minimum absolute atomic E-state index is 0.0899. The number of nitrogens with one attached hydrogen (secondary N) is 1. The highest BCUT2D eigenvalue weighted by molar-refractivity contribution is 5.79. The second-order valence-corrected chi connectivity index (χ2v) is 5.22. The number of carbonyl (C=O) groups is 1. The van der Waals surface area contributed by atoms with Gasteiger partial charge in [-0.15, -0.1) is 0 Å². The lowest BCUT2D eigenvalue weighted by Gasteiger charge is -2.31. The van der Waals surface area contributed by atoms with E-state index in [1.807, 2.05) is 0 Å². The summed E-state index contributed by atoms with van der Waals surface area (Å²) in [6, 6.07) is 0.296. The van der Waals surface area contributed by atoms with Crippen molar-refractivity contribution in [3.8, 4) is 0 Å². The third-order valence-corrected chi connectivity index (χ3v) is 3.84. The summed E-state index contributed by atoms with van der Waals surface area (Å²) in [6.45, 7) is 4.80. The average Bonchev–Trinajstić information content (AvgIpc) is 2.31. The van der Waals surface area contributed by atoms with Gasteiger partial charge in [0.1, 0.15) is 0 Å². The summed E-state index contributed by atoms with van der Waals surface area (Å²) in [4.78, 5) is 12.1. The highest BCUT2D eigenvalue weighted by atomic mass is 16.5. The van der Waals surface area contributed by atoms with E-state index in [0.29, 0.717) is 12.5 Å². The van der Waals surface area contributed by atoms with Gasteiger partial charge in [-0.05, 0) is 31.6 Å². The van der Waals surface area contributed by atoms with Crippen molar-refractivity contribution in [3.63, 3.8) is 0 Å². The van der Waals surface area contributed by atoms with Crippen molar-refractivity contribution in [2.45, 2.75) is 51.6 Å². The number of rotatable bonds is 5. The third kappa shape index (κ3) is 4.28. The van der Waals surface area contributed by atoms with Crippen molar-refractivity contribution >= 4 is 5.91 Å². The smallest absolute Gasteiger partial charge is 0.223 e. The molecule has 1 aliphatic carbocycles. The summed E-state index contributed by atoms with van der Waals surface area (Å²) in [7, 11) is 1.66. The Bertz CT molecular complexity index is 246. The van der Waals surface area contributed by atoms with E-state index in [2.05, 4.69) is 19.2 Å². The first-order valence-electron chi connectivity index (χ1n) is 6.63. The first-order chi connectivity index (χ1) is 8.08. The van der Waals surface area contributed by atoms with Gasteiger partial charge in [0, 0.05) is 19.1 Å². The number of carbonyl (C=O) groups excluding carboxylic acids is 1. The number of amides is 1. The van der Waals surface area contributed by atoms with E-state index in [-0.39, 0.29) is 23.9 Å². The molecule has 0 spiro atoms. The van der Waals surface area contributed by atoms with E-state index < -0.39 is 0 Å². The predicted octanol–water partition coefficient (Wildman–Crippen LogP) is 1.29. The molecule has 4 nitrogen and oxygen atoms in total. The van der Waals surface area contributed by atoms with Gasteiger partial charge in [0.25, 0.3) is 0 Å². The number of hydrogen-bond donors (Lipinski definition) is 2. The molecule has 0 aromatic rings. The van der Waals surface area contributed by atoms with Crippen LogP contribution in [0.2, 0.25) is 0 Å². The molecule has 4 unspecified atom stereocenters. The fourth-order valence-corrected chi connectivity index (χ4v) is 2.38. The normalized spacial score (nSPS) is 30.9. The zero-order valence-electron chi connectivity index (χ0n) is 11.2. The van der Waals surface area contributed by atoms with Crippen molar-refractivity contribution in [2.75, 3.05) is 13.7 Å². The largest absolute Gasteiger partial charge is 0.383 e. The maximum atomic E-state index is 12.1. The molecule has 4 atom stereocenters. The second-order valence-electron chi connectivity index (χ2n) is 5.22. The van der Waals surface area contributed by atoms with Gasteiger partial charge in [-0.1, -0.05) is 13.8 Å². The highest BCUT2D eigenvalue weighted by Crippen LogP contribution is 2.27. The number of methoxy groups -OCH3 is 1. The zero-order chi connectivity index (χ0) is 12.8. The molecule has 4 heteroatoms. The lowest BCUT2D eigenvalue weighted by molar-refractivity contribution is -0.127. The van der Waals surface area contributed by atoms with E-state index in [9.17, 15) is 4.79 Å². The van der Waals surface area contributed by atoms with Gasteiger partial charge in [0.2, 0.25) is 5.91 Å². The Hall–Kier alpha value is -0.610. The van der Waals surface area contributed by atoms with Crippen LogP contribution in [-0.2, 0) is 9.53 Å². The minimum Gasteiger partial charge on any atom is -0.383 e. The highest BCUT2D eigenvalue weighted by Gasteiger charge is 2.30. The Kier molecular flexibility index (Phi) is 5.92. The maximum Gasteiger partial charge on any atom is 0.223 e. The fraction of sp³-hybridized carbons (Fsp3) is 0.923. The monoisotopic (exact) mass is 242 g/mol. The van der Waals surface area contributed by atoms with Crippen LogP contribution in [-0.4, -0.2) is 31.7 Å². The van der Waals surface area contributed by atoms with E-state index in [0.717, 1.165) is 25.7 Å². The molecule has 1 saturated carbocycles. The average molecular weight is 242 g/mol. The van der Waals surface area contributed by atoms with Crippen LogP contribution in [0.4, 0.5) is 0 Å². The molecule has 0 aliphatic heterocycles. The van der Waals surface area contributed by atoms with Crippen LogP contribution in [0.1, 0.15) is 39.5 Å². The number of hydrogen-bond acceptors (Lipinski definition) is 3. The molecule has 17 heavy (non-hydrogen) atoms. The Balaban J connectivity index is 2.41. The van der Waals surface area contributed by atoms with Crippen LogP contribution in [0.25, 0.3) is 0 Å². The van der Waals surface area contributed by atoms with Gasteiger partial charge in [0.05, 0.1) is 12.6 Å². The molecular weight excluding hydrogens is 216 g/mol. The van der Waals surface area contributed by atoms with Crippen LogP contribution in [0, 0.1) is 11.8 Å². The SMILES string of the molecule is CCC(COC)NC(=O)C1CCC(C)C(N)C1. The van der Waals surface area contributed by atoms with Gasteiger partial charge < -0.3 is 15.8 Å². The third-order valence-electron chi connectivity index (χ3n) is 3.84. The Morgan fingerprint density at radius 1 is 1.53 bits per heavy atom. The molecule has 0 radical (unpaired) electrons. The molecule has 0 aromatic heterocycles. The first-order valence-corrected chi connectivity index (χ1v) is 6.63. The Morgan fingerprint density at radius 3 is 2.76 bits per heavy atom. The lowest BCUT2D eigenvalue weighted by Crippen LogP contribution is -2.45. The topological polar surface area (TPSA) is 64.3 Å². The lowest BCUT2D eigenvalue weighted by atomic mass is 9.79. The van der Waals surface area contributed by atoms with Crippen molar-refractivity contribution in [2.24, 2.45) is 17.6 Å². The van der Waals surface area contributed by atoms with Crippen LogP contribution < -0.4 is 11.1 Å². The van der Waals surface area contributed by atoms with E-state index in [1.165, 1.54) is 0 Å². The zero-order valence-corrected chi connectivity index (χ0v) is 11.2. The molecule has 100 valence electrons. The standard InChI is InChI=1S/C13H26N2O2/c1-4-11(8-17-3)15-13(16)10-6-5-9(2)12(14)7-10/h9-12H,4-8,14H2,1-3H3,(H,15,16). The molecule has 0 saturated heterocycles. The van der Waals surface area contributed by atoms with E-state index in [4.69, 9.17) is 10.5 Å². The number of nitrogens with two attached hydrogens (primary N) is 1. The van der Waals surface area contributed by atoms with Gasteiger partial charge in [-0.25, -0.2) is 0 Å². The summed E-state index contributed by atoms with van der Waals surface area (Å²) < 4.78 is 5.08. The summed E-state index contributed by atoms with van der Waals surface area (Å²) in [5.74, 6) is 0.781. The van der Waals surface area contributed by atoms with Crippen LogP contribution in [0.5, 0.6) is 0 Å². The van der Waals surface area contributed by atoms with E-state index >= 15 is 0 Å². The van der Waals surface area contributed by atoms with Gasteiger partial charge in [-0.2, -0.15) is 0 Å². The quantitative estimate of drug-likeness (QED) is 0.763. The van der Waals surface area contributed by atoms with Gasteiger partial charge >= 0.3 is 0 Å². The van der Waals surface area contributed by atoms with E-state index in [1.54, 1.807) is 7.11 Å². The van der Waals surface area contributed by atoms with Crippen molar-refractivity contribution < 1.29 is 9.53 Å². The Labute approximate surface area is 104 Å². The predicted molar refractivity (Wildman–Crippen MR) is 68.6 cm³/mol.